The number of piperazine rings is 1. The molecule has 30 heavy (non-hydrogen) atoms. The fraction of sp³-hybridized carbons (Fsp3) is 0.500. The van der Waals surface area contributed by atoms with Crippen molar-refractivity contribution in [2.24, 2.45) is 0 Å². The predicted molar refractivity (Wildman–Crippen MR) is 122 cm³/mol. The first-order valence-electron chi connectivity index (χ1n) is 10.7. The molecule has 3 aromatic heterocycles. The van der Waals surface area contributed by atoms with Crippen molar-refractivity contribution < 1.29 is 4.74 Å². The van der Waals surface area contributed by atoms with Crippen LogP contribution in [0.5, 0.6) is 0 Å². The van der Waals surface area contributed by atoms with Crippen molar-refractivity contribution in [2.75, 3.05) is 62.3 Å². The number of ether oxygens (including phenoxy) is 1. The van der Waals surface area contributed by atoms with Crippen LogP contribution in [0.3, 0.4) is 0 Å². The van der Waals surface area contributed by atoms with Crippen LogP contribution in [0.4, 0.5) is 11.6 Å². The average molecular weight is 425 g/mol. The largest absolute Gasteiger partial charge is 0.379 e. The van der Waals surface area contributed by atoms with Gasteiger partial charge in [0, 0.05) is 50.3 Å². The molecule has 7 nitrogen and oxygen atoms in total. The van der Waals surface area contributed by atoms with Crippen molar-refractivity contribution in [2.45, 2.75) is 20.4 Å². The fourth-order valence-corrected chi connectivity index (χ4v) is 5.26. The third-order valence-corrected chi connectivity index (χ3v) is 7.18. The van der Waals surface area contributed by atoms with E-state index < -0.39 is 0 Å². The molecule has 2 aliphatic heterocycles. The Kier molecular flexibility index (Phi) is 5.54. The van der Waals surface area contributed by atoms with Gasteiger partial charge < -0.3 is 14.5 Å². The molecular formula is C22H28N6OS. The van der Waals surface area contributed by atoms with Gasteiger partial charge in [-0.15, -0.1) is 11.3 Å². The molecule has 0 aromatic carbocycles. The molecular weight excluding hydrogens is 396 g/mol. The number of fused-ring (bicyclic) bond motifs is 1. The maximum absolute atomic E-state index is 5.49. The number of thiophene rings is 1. The number of rotatable bonds is 4. The van der Waals surface area contributed by atoms with Crippen molar-refractivity contribution in [1.29, 1.82) is 0 Å². The van der Waals surface area contributed by atoms with Crippen LogP contribution in [0.2, 0.25) is 0 Å². The molecule has 0 atom stereocenters. The van der Waals surface area contributed by atoms with Gasteiger partial charge in [-0.1, -0.05) is 6.07 Å². The number of hydrogen-bond acceptors (Lipinski definition) is 8. The van der Waals surface area contributed by atoms with Crippen LogP contribution in [-0.4, -0.2) is 72.3 Å². The summed E-state index contributed by atoms with van der Waals surface area (Å²) >= 11 is 1.79. The van der Waals surface area contributed by atoms with Gasteiger partial charge in [0.05, 0.1) is 25.1 Å². The van der Waals surface area contributed by atoms with E-state index in [1.807, 2.05) is 12.3 Å². The summed E-state index contributed by atoms with van der Waals surface area (Å²) in [6.45, 7) is 12.4. The molecule has 158 valence electrons. The number of pyridine rings is 1. The zero-order chi connectivity index (χ0) is 20.5. The van der Waals surface area contributed by atoms with Gasteiger partial charge in [0.25, 0.3) is 0 Å². The highest BCUT2D eigenvalue weighted by molar-refractivity contribution is 7.18. The molecule has 2 saturated heterocycles. The van der Waals surface area contributed by atoms with Crippen LogP contribution < -0.4 is 9.80 Å². The minimum absolute atomic E-state index is 0.788. The van der Waals surface area contributed by atoms with E-state index in [1.165, 1.54) is 15.8 Å². The minimum atomic E-state index is 0.788. The van der Waals surface area contributed by atoms with E-state index in [9.17, 15) is 0 Å². The maximum atomic E-state index is 5.49. The van der Waals surface area contributed by atoms with E-state index in [2.05, 4.69) is 45.7 Å². The number of aromatic nitrogens is 3. The SMILES string of the molecule is Cc1sc2nc(CN3CCOCC3)nc(N3CCN(c4ccccn4)CC3)c2c1C. The third kappa shape index (κ3) is 3.87. The molecule has 0 spiro atoms. The Hall–Kier alpha value is -2.29. The van der Waals surface area contributed by atoms with Crippen molar-refractivity contribution in [3.05, 3.63) is 40.7 Å². The fourth-order valence-electron chi connectivity index (χ4n) is 4.22. The van der Waals surface area contributed by atoms with E-state index >= 15 is 0 Å². The first-order valence-corrected chi connectivity index (χ1v) is 11.5. The summed E-state index contributed by atoms with van der Waals surface area (Å²) in [6.07, 6.45) is 1.87. The number of anilines is 2. The van der Waals surface area contributed by atoms with Crippen LogP contribution in [0.1, 0.15) is 16.3 Å². The lowest BCUT2D eigenvalue weighted by atomic mass is 10.2. The Labute approximate surface area is 181 Å². The van der Waals surface area contributed by atoms with Crippen LogP contribution >= 0.6 is 11.3 Å². The Balaban J connectivity index is 1.42. The summed E-state index contributed by atoms with van der Waals surface area (Å²) in [4.78, 5) is 24.2. The van der Waals surface area contributed by atoms with Gasteiger partial charge in [0.2, 0.25) is 0 Å². The summed E-state index contributed by atoms with van der Waals surface area (Å²) in [7, 11) is 0. The van der Waals surface area contributed by atoms with Gasteiger partial charge in [0.15, 0.2) is 0 Å². The van der Waals surface area contributed by atoms with Crippen LogP contribution in [0.25, 0.3) is 10.2 Å². The van der Waals surface area contributed by atoms with E-state index in [1.54, 1.807) is 11.3 Å². The Morgan fingerprint density at radius 1 is 0.967 bits per heavy atom. The molecule has 3 aromatic rings. The molecule has 0 unspecified atom stereocenters. The second kappa shape index (κ2) is 8.45. The van der Waals surface area contributed by atoms with Gasteiger partial charge in [-0.25, -0.2) is 15.0 Å². The van der Waals surface area contributed by atoms with Gasteiger partial charge in [-0.3, -0.25) is 4.90 Å². The van der Waals surface area contributed by atoms with E-state index in [-0.39, 0.29) is 0 Å². The molecule has 5 heterocycles. The van der Waals surface area contributed by atoms with Gasteiger partial charge in [0.1, 0.15) is 22.3 Å². The minimum Gasteiger partial charge on any atom is -0.379 e. The molecule has 5 rings (SSSR count). The van der Waals surface area contributed by atoms with E-state index in [4.69, 9.17) is 14.7 Å². The highest BCUT2D eigenvalue weighted by Gasteiger charge is 2.24. The first-order chi connectivity index (χ1) is 14.7. The number of morpholine rings is 1. The topological polar surface area (TPSA) is 57.6 Å². The zero-order valence-corrected chi connectivity index (χ0v) is 18.5. The second-order valence-electron chi connectivity index (χ2n) is 7.98. The molecule has 0 radical (unpaired) electrons. The lowest BCUT2D eigenvalue weighted by molar-refractivity contribution is 0.0331. The molecule has 0 N–H and O–H groups in total. The Bertz CT molecular complexity index is 1010. The van der Waals surface area contributed by atoms with Gasteiger partial charge >= 0.3 is 0 Å². The number of hydrogen-bond donors (Lipinski definition) is 0. The molecule has 2 aliphatic rings. The van der Waals surface area contributed by atoms with Gasteiger partial charge in [-0.05, 0) is 31.5 Å². The van der Waals surface area contributed by atoms with E-state index in [0.29, 0.717) is 0 Å². The first kappa shape index (κ1) is 19.7. The molecule has 2 fully saturated rings. The summed E-state index contributed by atoms with van der Waals surface area (Å²) in [5.74, 6) is 3.08. The average Bonchev–Trinajstić information content (AvgIpc) is 3.08. The lowest BCUT2D eigenvalue weighted by Crippen LogP contribution is -2.47. The molecule has 0 amide bonds. The lowest BCUT2D eigenvalue weighted by Gasteiger charge is -2.36. The van der Waals surface area contributed by atoms with Crippen LogP contribution in [-0.2, 0) is 11.3 Å². The van der Waals surface area contributed by atoms with E-state index in [0.717, 1.165) is 81.3 Å². The van der Waals surface area contributed by atoms with Crippen molar-refractivity contribution in [1.82, 2.24) is 19.9 Å². The van der Waals surface area contributed by atoms with Crippen LogP contribution in [0, 0.1) is 13.8 Å². The number of aryl methyl sites for hydroxylation is 2. The molecule has 0 aliphatic carbocycles. The smallest absolute Gasteiger partial charge is 0.146 e. The standard InChI is InChI=1S/C22H28N6OS/c1-16-17(2)30-22-20(16)21(24-18(25-22)15-26-11-13-29-14-12-26)28-9-7-27(8-10-28)19-5-3-4-6-23-19/h3-6H,7-15H2,1-2H3. The monoisotopic (exact) mass is 424 g/mol. The van der Waals surface area contributed by atoms with Crippen molar-refractivity contribution >= 4 is 33.2 Å². The Morgan fingerprint density at radius 2 is 1.73 bits per heavy atom. The summed E-state index contributed by atoms with van der Waals surface area (Å²) < 4.78 is 5.49. The van der Waals surface area contributed by atoms with Gasteiger partial charge in [-0.2, -0.15) is 0 Å². The summed E-state index contributed by atoms with van der Waals surface area (Å²) in [6, 6.07) is 6.11. The Morgan fingerprint density at radius 3 is 2.47 bits per heavy atom. The third-order valence-electron chi connectivity index (χ3n) is 6.08. The summed E-state index contributed by atoms with van der Waals surface area (Å²) in [5, 5.41) is 1.23. The molecule has 8 heteroatoms. The zero-order valence-electron chi connectivity index (χ0n) is 17.7. The summed E-state index contributed by atoms with van der Waals surface area (Å²) in [5.41, 5.74) is 1.31. The van der Waals surface area contributed by atoms with Crippen molar-refractivity contribution in [3.8, 4) is 0 Å². The normalized spacial score (nSPS) is 18.3. The highest BCUT2D eigenvalue weighted by atomic mass is 32.1. The van der Waals surface area contributed by atoms with Crippen molar-refractivity contribution in [3.63, 3.8) is 0 Å². The second-order valence-corrected chi connectivity index (χ2v) is 9.18. The quantitative estimate of drug-likeness (QED) is 0.638. The highest BCUT2D eigenvalue weighted by Crippen LogP contribution is 2.35. The number of nitrogens with zero attached hydrogens (tertiary/aromatic N) is 6. The van der Waals surface area contributed by atoms with Crippen LogP contribution in [0.15, 0.2) is 24.4 Å². The predicted octanol–water partition coefficient (Wildman–Crippen LogP) is 2.86. The molecule has 0 bridgehead atoms. The maximum Gasteiger partial charge on any atom is 0.146 e. The molecule has 0 saturated carbocycles.